The Hall–Kier alpha value is -0.770. The molecule has 17 heavy (non-hydrogen) atoms. The Morgan fingerprint density at radius 3 is 2.41 bits per heavy atom. The first-order chi connectivity index (χ1) is 8.13. The summed E-state index contributed by atoms with van der Waals surface area (Å²) in [5.41, 5.74) is 0. The summed E-state index contributed by atoms with van der Waals surface area (Å²) in [4.78, 5) is 14.0. The number of hydrogen-bond acceptors (Lipinski definition) is 2. The maximum Gasteiger partial charge on any atom is 0.317 e. The number of likely N-dealkylation sites (tertiary alicyclic amines) is 1. The number of hydrogen-bond donors (Lipinski definition) is 2. The summed E-state index contributed by atoms with van der Waals surface area (Å²) in [7, 11) is 1.93. The number of likely N-dealkylation sites (N-methyl/N-ethyl adjacent to an activating group) is 1. The normalized spacial score (nSPS) is 18.2. The summed E-state index contributed by atoms with van der Waals surface area (Å²) in [6, 6.07) is 0.361. The van der Waals surface area contributed by atoms with Gasteiger partial charge < -0.3 is 15.5 Å². The van der Waals surface area contributed by atoms with Crippen LogP contribution < -0.4 is 10.6 Å². The second kappa shape index (κ2) is 7.54. The van der Waals surface area contributed by atoms with Crippen molar-refractivity contribution < 1.29 is 4.79 Å². The summed E-state index contributed by atoms with van der Waals surface area (Å²) >= 11 is 0. The molecule has 0 bridgehead atoms. The number of nitrogens with one attached hydrogen (secondary N) is 2. The SMILES string of the molecule is CNC[C@H](CC(C)C)NC(=O)N1CCCCC1. The molecular formula is C13H27N3O. The van der Waals surface area contributed by atoms with Crippen molar-refractivity contribution in [2.24, 2.45) is 5.92 Å². The number of nitrogens with zero attached hydrogens (tertiary/aromatic N) is 1. The molecule has 1 atom stereocenters. The smallest absolute Gasteiger partial charge is 0.317 e. The van der Waals surface area contributed by atoms with Crippen LogP contribution in [0.25, 0.3) is 0 Å². The molecule has 0 saturated carbocycles. The Morgan fingerprint density at radius 1 is 1.24 bits per heavy atom. The van der Waals surface area contributed by atoms with E-state index in [9.17, 15) is 4.79 Å². The summed E-state index contributed by atoms with van der Waals surface area (Å²) in [5.74, 6) is 0.606. The van der Waals surface area contributed by atoms with Gasteiger partial charge in [0.25, 0.3) is 0 Å². The molecule has 0 aromatic rings. The van der Waals surface area contributed by atoms with Crippen molar-refractivity contribution in [3.63, 3.8) is 0 Å². The number of carbonyl (C=O) groups is 1. The minimum atomic E-state index is 0.116. The maximum atomic E-state index is 12.1. The van der Waals surface area contributed by atoms with Crippen molar-refractivity contribution in [3.8, 4) is 0 Å². The maximum absolute atomic E-state index is 12.1. The molecule has 4 heteroatoms. The van der Waals surface area contributed by atoms with E-state index in [0.717, 1.165) is 38.9 Å². The lowest BCUT2D eigenvalue weighted by atomic mass is 10.0. The average molecular weight is 241 g/mol. The van der Waals surface area contributed by atoms with Crippen molar-refractivity contribution in [3.05, 3.63) is 0 Å². The fourth-order valence-corrected chi connectivity index (χ4v) is 2.37. The van der Waals surface area contributed by atoms with E-state index in [-0.39, 0.29) is 12.1 Å². The molecule has 1 saturated heterocycles. The quantitative estimate of drug-likeness (QED) is 0.771. The largest absolute Gasteiger partial charge is 0.334 e. The van der Waals surface area contributed by atoms with Crippen molar-refractivity contribution in [2.45, 2.75) is 45.6 Å². The van der Waals surface area contributed by atoms with Crippen LogP contribution in [0.15, 0.2) is 0 Å². The summed E-state index contributed by atoms with van der Waals surface area (Å²) in [6.45, 7) is 7.06. The average Bonchev–Trinajstić information content (AvgIpc) is 2.29. The third-order valence-electron chi connectivity index (χ3n) is 3.18. The number of carbonyl (C=O) groups excluding carboxylic acids is 1. The van der Waals surface area contributed by atoms with Gasteiger partial charge >= 0.3 is 6.03 Å². The zero-order valence-corrected chi connectivity index (χ0v) is 11.5. The molecule has 1 heterocycles. The first-order valence-corrected chi connectivity index (χ1v) is 6.83. The minimum Gasteiger partial charge on any atom is -0.334 e. The first-order valence-electron chi connectivity index (χ1n) is 6.83. The van der Waals surface area contributed by atoms with Crippen molar-refractivity contribution in [1.29, 1.82) is 0 Å². The molecule has 1 fully saturated rings. The molecule has 2 amide bonds. The van der Waals surface area contributed by atoms with Gasteiger partial charge in [-0.3, -0.25) is 0 Å². The zero-order chi connectivity index (χ0) is 12.7. The molecule has 1 aliphatic rings. The third-order valence-corrected chi connectivity index (χ3v) is 3.18. The molecule has 0 unspecified atom stereocenters. The highest BCUT2D eigenvalue weighted by atomic mass is 16.2. The molecule has 2 N–H and O–H groups in total. The van der Waals surface area contributed by atoms with Gasteiger partial charge in [-0.1, -0.05) is 13.8 Å². The Morgan fingerprint density at radius 2 is 1.88 bits per heavy atom. The van der Waals surface area contributed by atoms with E-state index in [1.54, 1.807) is 0 Å². The van der Waals surface area contributed by atoms with E-state index in [2.05, 4.69) is 24.5 Å². The van der Waals surface area contributed by atoms with Crippen LogP contribution in [0.2, 0.25) is 0 Å². The van der Waals surface area contributed by atoms with Crippen molar-refractivity contribution in [1.82, 2.24) is 15.5 Å². The van der Waals surface area contributed by atoms with Gasteiger partial charge in [0.15, 0.2) is 0 Å². The van der Waals surface area contributed by atoms with Gasteiger partial charge in [-0.05, 0) is 38.6 Å². The van der Waals surface area contributed by atoms with Crippen LogP contribution in [0.3, 0.4) is 0 Å². The topological polar surface area (TPSA) is 44.4 Å². The van der Waals surface area contributed by atoms with E-state index in [1.165, 1.54) is 6.42 Å². The van der Waals surface area contributed by atoms with E-state index in [1.807, 2.05) is 11.9 Å². The highest BCUT2D eigenvalue weighted by molar-refractivity contribution is 5.74. The monoisotopic (exact) mass is 241 g/mol. The fraction of sp³-hybridized carbons (Fsp3) is 0.923. The number of rotatable bonds is 5. The van der Waals surface area contributed by atoms with Crippen LogP contribution >= 0.6 is 0 Å². The molecule has 0 radical (unpaired) electrons. The molecule has 0 aromatic heterocycles. The van der Waals surface area contributed by atoms with Crippen molar-refractivity contribution in [2.75, 3.05) is 26.7 Å². The summed E-state index contributed by atoms with van der Waals surface area (Å²) in [5, 5.41) is 6.29. The lowest BCUT2D eigenvalue weighted by molar-refractivity contribution is 0.180. The Kier molecular flexibility index (Phi) is 6.34. The Labute approximate surface area is 105 Å². The summed E-state index contributed by atoms with van der Waals surface area (Å²) < 4.78 is 0. The predicted octanol–water partition coefficient (Wildman–Crippen LogP) is 1.82. The standard InChI is InChI=1S/C13H27N3O/c1-11(2)9-12(10-14-3)15-13(17)16-7-5-4-6-8-16/h11-12,14H,4-10H2,1-3H3,(H,15,17)/t12-/m0/s1. The van der Waals surface area contributed by atoms with Gasteiger partial charge in [0, 0.05) is 25.7 Å². The van der Waals surface area contributed by atoms with E-state index in [0.29, 0.717) is 5.92 Å². The number of piperidine rings is 1. The van der Waals surface area contributed by atoms with Crippen molar-refractivity contribution >= 4 is 6.03 Å². The van der Waals surface area contributed by atoms with Crippen LogP contribution in [0.4, 0.5) is 4.79 Å². The predicted molar refractivity (Wildman–Crippen MR) is 71.1 cm³/mol. The number of amides is 2. The van der Waals surface area contributed by atoms with Crippen LogP contribution in [0.5, 0.6) is 0 Å². The minimum absolute atomic E-state index is 0.116. The Bertz CT molecular complexity index is 225. The Balaban J connectivity index is 2.38. The molecule has 4 nitrogen and oxygen atoms in total. The second-order valence-corrected chi connectivity index (χ2v) is 5.38. The lowest BCUT2D eigenvalue weighted by Crippen LogP contribution is -2.49. The molecular weight excluding hydrogens is 214 g/mol. The lowest BCUT2D eigenvalue weighted by Gasteiger charge is -2.29. The van der Waals surface area contributed by atoms with E-state index < -0.39 is 0 Å². The molecule has 1 rings (SSSR count). The van der Waals surface area contributed by atoms with Crippen LogP contribution in [-0.2, 0) is 0 Å². The highest BCUT2D eigenvalue weighted by Crippen LogP contribution is 2.10. The van der Waals surface area contributed by atoms with Gasteiger partial charge in [0.1, 0.15) is 0 Å². The molecule has 0 aliphatic carbocycles. The van der Waals surface area contributed by atoms with Crippen LogP contribution in [-0.4, -0.2) is 43.7 Å². The summed E-state index contributed by atoms with van der Waals surface area (Å²) in [6.07, 6.45) is 4.58. The molecule has 0 spiro atoms. The molecule has 100 valence electrons. The van der Waals surface area contributed by atoms with Gasteiger partial charge in [0.2, 0.25) is 0 Å². The van der Waals surface area contributed by atoms with Gasteiger partial charge in [-0.2, -0.15) is 0 Å². The first kappa shape index (κ1) is 14.3. The van der Waals surface area contributed by atoms with E-state index in [4.69, 9.17) is 0 Å². The van der Waals surface area contributed by atoms with Crippen LogP contribution in [0.1, 0.15) is 39.5 Å². The highest BCUT2D eigenvalue weighted by Gasteiger charge is 2.19. The molecule has 0 aromatic carbocycles. The molecule has 1 aliphatic heterocycles. The second-order valence-electron chi connectivity index (χ2n) is 5.38. The third kappa shape index (κ3) is 5.39. The van der Waals surface area contributed by atoms with Gasteiger partial charge in [-0.15, -0.1) is 0 Å². The van der Waals surface area contributed by atoms with Gasteiger partial charge in [-0.25, -0.2) is 4.79 Å². The van der Waals surface area contributed by atoms with Gasteiger partial charge in [0.05, 0.1) is 0 Å². The van der Waals surface area contributed by atoms with E-state index >= 15 is 0 Å². The zero-order valence-electron chi connectivity index (χ0n) is 11.5. The van der Waals surface area contributed by atoms with Crippen LogP contribution in [0, 0.1) is 5.92 Å². The fourth-order valence-electron chi connectivity index (χ4n) is 2.37. The number of urea groups is 1.